The molecule has 0 aliphatic heterocycles. The highest BCUT2D eigenvalue weighted by Crippen LogP contribution is 2.10. The molecule has 0 aliphatic carbocycles. The van der Waals surface area contributed by atoms with Crippen LogP contribution in [-0.2, 0) is 18.7 Å². The van der Waals surface area contributed by atoms with E-state index < -0.39 is 0 Å². The van der Waals surface area contributed by atoms with Crippen LogP contribution in [0.2, 0.25) is 0 Å². The first-order chi connectivity index (χ1) is 9.88. The molecule has 1 nitrogen and oxygen atoms in total. The topological polar surface area (TPSA) is 12.0 Å². The second-order valence-electron chi connectivity index (χ2n) is 4.27. The first-order valence-corrected chi connectivity index (χ1v) is 8.33. The molecule has 2 heteroatoms. The van der Waals surface area contributed by atoms with Crippen molar-refractivity contribution < 1.29 is 0 Å². The molecule has 0 heterocycles. The quantitative estimate of drug-likeness (QED) is 0.578. The van der Waals surface area contributed by atoms with Gasteiger partial charge in [-0.15, -0.1) is 0 Å². The monoisotopic (exact) mass is 287 g/mol. The molecular formula is C18H25NS. The van der Waals surface area contributed by atoms with Gasteiger partial charge in [0.25, 0.3) is 0 Å². The summed E-state index contributed by atoms with van der Waals surface area (Å²) in [4.78, 5) is 0. The van der Waals surface area contributed by atoms with Crippen LogP contribution in [0.15, 0.2) is 54.6 Å². The lowest BCUT2D eigenvalue weighted by Crippen LogP contribution is -2.03. The molecule has 2 aromatic rings. The third kappa shape index (κ3) is 6.27. The Balaban J connectivity index is 0.000000956. The van der Waals surface area contributed by atoms with Crippen LogP contribution in [0.5, 0.6) is 0 Å². The van der Waals surface area contributed by atoms with Crippen molar-refractivity contribution >= 4 is 11.9 Å². The van der Waals surface area contributed by atoms with Crippen LogP contribution in [0, 0.1) is 0 Å². The van der Waals surface area contributed by atoms with Crippen molar-refractivity contribution in [2.45, 2.75) is 39.5 Å². The standard InChI is InChI=1S/C16H19NS.C2H6/c1-2-14-8-10-15(11-9-14)12-17-18-13-16-6-4-3-5-7-16;1-2/h3-11,17H,2,12-13H2,1H3;1-2H3. The predicted octanol–water partition coefficient (Wildman–Crippen LogP) is 5.21. The number of benzene rings is 2. The van der Waals surface area contributed by atoms with Gasteiger partial charge in [-0.3, -0.25) is 4.72 Å². The molecule has 0 aromatic heterocycles. The molecule has 0 amide bonds. The van der Waals surface area contributed by atoms with E-state index in [0.29, 0.717) is 0 Å². The Morgan fingerprint density at radius 3 is 2.00 bits per heavy atom. The first-order valence-electron chi connectivity index (χ1n) is 7.35. The Morgan fingerprint density at radius 1 is 0.800 bits per heavy atom. The molecule has 0 saturated heterocycles. The molecule has 2 aromatic carbocycles. The van der Waals surface area contributed by atoms with Crippen LogP contribution in [0.3, 0.4) is 0 Å². The van der Waals surface area contributed by atoms with E-state index in [2.05, 4.69) is 66.2 Å². The Hall–Kier alpha value is -1.25. The fourth-order valence-corrected chi connectivity index (χ4v) is 2.47. The zero-order valence-electron chi connectivity index (χ0n) is 12.7. The fraction of sp³-hybridized carbons (Fsp3) is 0.333. The molecule has 0 aliphatic rings. The van der Waals surface area contributed by atoms with Gasteiger partial charge in [-0.25, -0.2) is 0 Å². The summed E-state index contributed by atoms with van der Waals surface area (Å²) < 4.78 is 3.40. The molecule has 0 atom stereocenters. The average Bonchev–Trinajstić information content (AvgIpc) is 2.55. The van der Waals surface area contributed by atoms with Crippen molar-refractivity contribution in [3.05, 3.63) is 71.3 Å². The van der Waals surface area contributed by atoms with E-state index in [-0.39, 0.29) is 0 Å². The van der Waals surface area contributed by atoms with Gasteiger partial charge in [0.15, 0.2) is 0 Å². The van der Waals surface area contributed by atoms with Crippen LogP contribution < -0.4 is 4.72 Å². The van der Waals surface area contributed by atoms with Gasteiger partial charge in [-0.2, -0.15) is 0 Å². The van der Waals surface area contributed by atoms with E-state index in [0.717, 1.165) is 18.7 Å². The first kappa shape index (κ1) is 16.8. The third-order valence-corrected chi connectivity index (χ3v) is 3.72. The summed E-state index contributed by atoms with van der Waals surface area (Å²) in [5, 5.41) is 0. The largest absolute Gasteiger partial charge is 0.259 e. The van der Waals surface area contributed by atoms with Crippen molar-refractivity contribution in [1.82, 2.24) is 4.72 Å². The third-order valence-electron chi connectivity index (χ3n) is 2.89. The number of nitrogens with one attached hydrogen (secondary N) is 1. The summed E-state index contributed by atoms with van der Waals surface area (Å²) >= 11 is 1.76. The average molecular weight is 287 g/mol. The van der Waals surface area contributed by atoms with Crippen LogP contribution in [0.25, 0.3) is 0 Å². The number of aryl methyl sites for hydroxylation is 1. The van der Waals surface area contributed by atoms with Crippen molar-refractivity contribution in [3.8, 4) is 0 Å². The molecule has 0 radical (unpaired) electrons. The van der Waals surface area contributed by atoms with Crippen molar-refractivity contribution in [2.24, 2.45) is 0 Å². The van der Waals surface area contributed by atoms with Crippen molar-refractivity contribution in [2.75, 3.05) is 0 Å². The summed E-state index contributed by atoms with van der Waals surface area (Å²) in [7, 11) is 0. The summed E-state index contributed by atoms with van der Waals surface area (Å²) in [6, 6.07) is 19.4. The zero-order chi connectivity index (χ0) is 14.6. The maximum absolute atomic E-state index is 3.40. The van der Waals surface area contributed by atoms with Crippen molar-refractivity contribution in [3.63, 3.8) is 0 Å². The SMILES string of the molecule is CC.CCc1ccc(CNSCc2ccccc2)cc1. The molecule has 0 fully saturated rings. The Kier molecular flexibility index (Phi) is 8.84. The van der Waals surface area contributed by atoms with Crippen LogP contribution in [-0.4, -0.2) is 0 Å². The van der Waals surface area contributed by atoms with Gasteiger partial charge in [-0.05, 0) is 23.1 Å². The van der Waals surface area contributed by atoms with E-state index in [4.69, 9.17) is 0 Å². The smallest absolute Gasteiger partial charge is 0.0330 e. The predicted molar refractivity (Wildman–Crippen MR) is 91.7 cm³/mol. The molecular weight excluding hydrogens is 262 g/mol. The van der Waals surface area contributed by atoms with E-state index in [1.165, 1.54) is 16.7 Å². The van der Waals surface area contributed by atoms with E-state index in [1.54, 1.807) is 11.9 Å². The minimum atomic E-state index is 0.918. The lowest BCUT2D eigenvalue weighted by molar-refractivity contribution is 0.970. The second-order valence-corrected chi connectivity index (χ2v) is 5.13. The lowest BCUT2D eigenvalue weighted by Gasteiger charge is -2.05. The highest BCUT2D eigenvalue weighted by atomic mass is 32.2. The van der Waals surface area contributed by atoms with Gasteiger partial charge in [0.1, 0.15) is 0 Å². The van der Waals surface area contributed by atoms with E-state index in [1.807, 2.05) is 13.8 Å². The van der Waals surface area contributed by atoms with E-state index >= 15 is 0 Å². The van der Waals surface area contributed by atoms with Crippen LogP contribution in [0.4, 0.5) is 0 Å². The lowest BCUT2D eigenvalue weighted by atomic mass is 10.1. The van der Waals surface area contributed by atoms with Crippen LogP contribution in [0.1, 0.15) is 37.5 Å². The maximum Gasteiger partial charge on any atom is 0.0330 e. The fourth-order valence-electron chi connectivity index (χ4n) is 1.74. The molecule has 0 saturated carbocycles. The maximum atomic E-state index is 3.40. The van der Waals surface area contributed by atoms with Gasteiger partial charge >= 0.3 is 0 Å². The second kappa shape index (κ2) is 10.5. The summed E-state index contributed by atoms with van der Waals surface area (Å²) in [5.74, 6) is 1.01. The summed E-state index contributed by atoms with van der Waals surface area (Å²) in [5.41, 5.74) is 4.10. The molecule has 108 valence electrons. The highest BCUT2D eigenvalue weighted by Gasteiger charge is 1.95. The molecule has 0 bridgehead atoms. The van der Waals surface area contributed by atoms with Gasteiger partial charge < -0.3 is 0 Å². The Labute approximate surface area is 127 Å². The van der Waals surface area contributed by atoms with Gasteiger partial charge in [0, 0.05) is 12.3 Å². The van der Waals surface area contributed by atoms with Gasteiger partial charge in [0.2, 0.25) is 0 Å². The zero-order valence-corrected chi connectivity index (χ0v) is 13.5. The molecule has 0 unspecified atom stereocenters. The summed E-state index contributed by atoms with van der Waals surface area (Å²) in [6.45, 7) is 7.10. The van der Waals surface area contributed by atoms with Crippen molar-refractivity contribution in [1.29, 1.82) is 0 Å². The molecule has 20 heavy (non-hydrogen) atoms. The minimum absolute atomic E-state index is 0.918. The van der Waals surface area contributed by atoms with Gasteiger partial charge in [0.05, 0.1) is 0 Å². The minimum Gasteiger partial charge on any atom is -0.259 e. The molecule has 1 N–H and O–H groups in total. The molecule has 0 spiro atoms. The number of hydrogen-bond donors (Lipinski definition) is 1. The normalized spacial score (nSPS) is 9.75. The van der Waals surface area contributed by atoms with Crippen LogP contribution >= 0.6 is 11.9 Å². The number of rotatable bonds is 6. The summed E-state index contributed by atoms with van der Waals surface area (Å²) in [6.07, 6.45) is 1.11. The highest BCUT2D eigenvalue weighted by molar-refractivity contribution is 7.96. The van der Waals surface area contributed by atoms with E-state index in [9.17, 15) is 0 Å². The Bertz CT molecular complexity index is 451. The van der Waals surface area contributed by atoms with Gasteiger partial charge in [-0.1, -0.05) is 87.3 Å². The molecule has 2 rings (SSSR count). The Morgan fingerprint density at radius 2 is 1.40 bits per heavy atom. The number of hydrogen-bond acceptors (Lipinski definition) is 2.